The van der Waals surface area contributed by atoms with Crippen molar-refractivity contribution in [3.05, 3.63) is 76.5 Å². The lowest BCUT2D eigenvalue weighted by molar-refractivity contribution is -0.130. The number of rotatable bonds is 4. The summed E-state index contributed by atoms with van der Waals surface area (Å²) in [6, 6.07) is 12.6. The third-order valence-electron chi connectivity index (χ3n) is 6.00. The quantitative estimate of drug-likeness (QED) is 0.629. The molecule has 0 bridgehead atoms. The molecule has 0 spiro atoms. The van der Waals surface area contributed by atoms with Crippen molar-refractivity contribution < 1.29 is 14.4 Å². The summed E-state index contributed by atoms with van der Waals surface area (Å²) in [5.74, 6) is -0.715. The molecule has 0 saturated carbocycles. The number of aromatic amines is 1. The van der Waals surface area contributed by atoms with E-state index in [0.29, 0.717) is 29.2 Å². The van der Waals surface area contributed by atoms with E-state index in [9.17, 15) is 14.4 Å². The van der Waals surface area contributed by atoms with Crippen molar-refractivity contribution in [3.8, 4) is 0 Å². The maximum absolute atomic E-state index is 12.7. The number of imide groups is 1. The third-order valence-corrected chi connectivity index (χ3v) is 6.31. The van der Waals surface area contributed by atoms with Crippen LogP contribution < -0.4 is 0 Å². The minimum atomic E-state index is -0.327. The van der Waals surface area contributed by atoms with E-state index in [2.05, 4.69) is 11.1 Å². The van der Waals surface area contributed by atoms with E-state index in [-0.39, 0.29) is 30.7 Å². The van der Waals surface area contributed by atoms with Crippen molar-refractivity contribution in [1.82, 2.24) is 14.8 Å². The molecule has 6 nitrogen and oxygen atoms in total. The minimum Gasteiger partial charge on any atom is -0.359 e. The van der Waals surface area contributed by atoms with E-state index in [1.165, 1.54) is 10.5 Å². The molecule has 2 aromatic carbocycles. The van der Waals surface area contributed by atoms with Gasteiger partial charge in [-0.3, -0.25) is 19.3 Å². The number of carbonyl (C=O) groups is 3. The van der Waals surface area contributed by atoms with Crippen LogP contribution in [0.25, 0.3) is 16.5 Å². The van der Waals surface area contributed by atoms with Crippen LogP contribution in [0.5, 0.6) is 0 Å². The second-order valence-corrected chi connectivity index (χ2v) is 8.15. The molecule has 5 rings (SSSR count). The van der Waals surface area contributed by atoms with Gasteiger partial charge >= 0.3 is 0 Å². The summed E-state index contributed by atoms with van der Waals surface area (Å²) in [6.07, 6.45) is 4.88. The van der Waals surface area contributed by atoms with Crippen LogP contribution in [-0.4, -0.2) is 52.1 Å². The topological polar surface area (TPSA) is 73.5 Å². The third kappa shape index (κ3) is 3.33. The van der Waals surface area contributed by atoms with E-state index >= 15 is 0 Å². The van der Waals surface area contributed by atoms with Gasteiger partial charge in [-0.15, -0.1) is 0 Å². The average Bonchev–Trinajstić information content (AvgIpc) is 3.33. The molecular weight excluding hydrogens is 414 g/mol. The van der Waals surface area contributed by atoms with Gasteiger partial charge in [0.15, 0.2) is 0 Å². The van der Waals surface area contributed by atoms with Gasteiger partial charge in [-0.1, -0.05) is 41.9 Å². The maximum Gasteiger partial charge on any atom is 0.261 e. The van der Waals surface area contributed by atoms with Gasteiger partial charge in [-0.25, -0.2) is 0 Å². The van der Waals surface area contributed by atoms with Crippen molar-refractivity contribution in [1.29, 1.82) is 0 Å². The number of carbonyl (C=O) groups excluding carboxylic acids is 3. The smallest absolute Gasteiger partial charge is 0.261 e. The van der Waals surface area contributed by atoms with E-state index in [0.717, 1.165) is 22.9 Å². The molecular formula is C24H20ClN3O3. The first kappa shape index (κ1) is 19.6. The molecule has 3 aromatic rings. The van der Waals surface area contributed by atoms with Crippen molar-refractivity contribution in [2.24, 2.45) is 0 Å². The first-order chi connectivity index (χ1) is 15.0. The number of nitrogens with zero attached hydrogens (tertiary/aromatic N) is 2. The molecule has 1 aromatic heterocycles. The number of nitrogens with one attached hydrogen (secondary N) is 1. The zero-order valence-electron chi connectivity index (χ0n) is 16.7. The van der Waals surface area contributed by atoms with Gasteiger partial charge in [-0.2, -0.15) is 0 Å². The van der Waals surface area contributed by atoms with Crippen LogP contribution in [0.4, 0.5) is 0 Å². The predicted molar refractivity (Wildman–Crippen MR) is 119 cm³/mol. The largest absolute Gasteiger partial charge is 0.359 e. The lowest BCUT2D eigenvalue weighted by Crippen LogP contribution is -2.38. The Labute approximate surface area is 184 Å². The van der Waals surface area contributed by atoms with Crippen LogP contribution in [0.2, 0.25) is 5.02 Å². The monoisotopic (exact) mass is 433 g/mol. The van der Waals surface area contributed by atoms with Crippen molar-refractivity contribution in [2.45, 2.75) is 12.8 Å². The number of amides is 3. The minimum absolute atomic E-state index is 0.0613. The van der Waals surface area contributed by atoms with Crippen LogP contribution in [0.1, 0.15) is 39.1 Å². The van der Waals surface area contributed by atoms with Gasteiger partial charge in [0.2, 0.25) is 5.91 Å². The highest BCUT2D eigenvalue weighted by Crippen LogP contribution is 2.32. The molecule has 0 aliphatic carbocycles. The van der Waals surface area contributed by atoms with Gasteiger partial charge in [-0.05, 0) is 30.2 Å². The number of hydrogen-bond donors (Lipinski definition) is 1. The number of halogens is 1. The number of para-hydroxylation sites is 1. The normalized spacial score (nSPS) is 16.1. The molecule has 0 radical (unpaired) electrons. The summed E-state index contributed by atoms with van der Waals surface area (Å²) in [6.45, 7) is 1.20. The summed E-state index contributed by atoms with van der Waals surface area (Å²) in [4.78, 5) is 43.8. The highest BCUT2D eigenvalue weighted by molar-refractivity contribution is 6.35. The van der Waals surface area contributed by atoms with Crippen LogP contribution in [0.3, 0.4) is 0 Å². The molecule has 2 aliphatic heterocycles. The number of hydrogen-bond acceptors (Lipinski definition) is 3. The Bertz CT molecular complexity index is 1220. The molecule has 7 heteroatoms. The molecule has 31 heavy (non-hydrogen) atoms. The second kappa shape index (κ2) is 7.71. The first-order valence-electron chi connectivity index (χ1n) is 10.2. The average molecular weight is 434 g/mol. The Morgan fingerprint density at radius 3 is 2.42 bits per heavy atom. The van der Waals surface area contributed by atoms with Crippen molar-refractivity contribution in [3.63, 3.8) is 0 Å². The summed E-state index contributed by atoms with van der Waals surface area (Å²) in [7, 11) is 0. The highest BCUT2D eigenvalue weighted by Gasteiger charge is 2.35. The predicted octanol–water partition coefficient (Wildman–Crippen LogP) is 4.12. The molecule has 156 valence electrons. The van der Waals surface area contributed by atoms with Gasteiger partial charge < -0.3 is 9.88 Å². The fraction of sp³-hybridized carbons (Fsp3) is 0.208. The molecule has 1 N–H and O–H groups in total. The molecule has 0 atom stereocenters. The van der Waals surface area contributed by atoms with E-state index in [1.807, 2.05) is 24.4 Å². The molecule has 0 fully saturated rings. The van der Waals surface area contributed by atoms with E-state index in [4.69, 9.17) is 11.6 Å². The fourth-order valence-electron chi connectivity index (χ4n) is 4.33. The summed E-state index contributed by atoms with van der Waals surface area (Å²) in [5.41, 5.74) is 4.02. The van der Waals surface area contributed by atoms with Gasteiger partial charge in [0.05, 0.1) is 21.7 Å². The Morgan fingerprint density at radius 1 is 1.00 bits per heavy atom. The van der Waals surface area contributed by atoms with Crippen LogP contribution in [-0.2, 0) is 4.79 Å². The van der Waals surface area contributed by atoms with Crippen LogP contribution >= 0.6 is 11.6 Å². The highest BCUT2D eigenvalue weighted by atomic mass is 35.5. The van der Waals surface area contributed by atoms with Crippen molar-refractivity contribution in [2.75, 3.05) is 19.6 Å². The molecule has 0 saturated heterocycles. The summed E-state index contributed by atoms with van der Waals surface area (Å²) >= 11 is 6.26. The fourth-order valence-corrected chi connectivity index (χ4v) is 4.56. The number of H-pyrrole nitrogens is 1. The Balaban J connectivity index is 1.23. The Morgan fingerprint density at radius 2 is 1.74 bits per heavy atom. The zero-order chi connectivity index (χ0) is 21.5. The van der Waals surface area contributed by atoms with Gasteiger partial charge in [0.1, 0.15) is 0 Å². The second-order valence-electron chi connectivity index (χ2n) is 7.74. The van der Waals surface area contributed by atoms with Crippen LogP contribution in [0.15, 0.2) is 54.7 Å². The standard InChI is InChI=1S/C24H20ClN3O3/c25-20-7-3-6-16-19(14-26-22(16)20)15-8-11-27(12-9-15)21(29)10-13-28-23(30)17-4-1-2-5-18(17)24(28)31/h1-8,14,26H,9-13H2. The summed E-state index contributed by atoms with van der Waals surface area (Å²) < 4.78 is 0. The van der Waals surface area contributed by atoms with E-state index < -0.39 is 0 Å². The Kier molecular flexibility index (Phi) is 4.87. The van der Waals surface area contributed by atoms with Crippen LogP contribution in [0, 0.1) is 0 Å². The number of benzene rings is 2. The number of aromatic nitrogens is 1. The van der Waals surface area contributed by atoms with E-state index in [1.54, 1.807) is 29.2 Å². The summed E-state index contributed by atoms with van der Waals surface area (Å²) in [5, 5.41) is 1.76. The molecule has 3 heterocycles. The first-order valence-corrected chi connectivity index (χ1v) is 10.6. The lowest BCUT2D eigenvalue weighted by Gasteiger charge is -2.27. The zero-order valence-corrected chi connectivity index (χ0v) is 17.5. The Hall–Kier alpha value is -3.38. The maximum atomic E-state index is 12.7. The lowest BCUT2D eigenvalue weighted by atomic mass is 9.99. The SMILES string of the molecule is O=C(CCN1C(=O)c2ccccc2C1=O)N1CC=C(c2c[nH]c3c(Cl)cccc23)CC1. The molecule has 0 unspecified atom stereocenters. The van der Waals surface area contributed by atoms with Gasteiger partial charge in [0, 0.05) is 43.2 Å². The van der Waals surface area contributed by atoms with Crippen molar-refractivity contribution >= 4 is 45.8 Å². The van der Waals surface area contributed by atoms with Gasteiger partial charge in [0.25, 0.3) is 11.8 Å². The molecule has 2 aliphatic rings. The number of fused-ring (bicyclic) bond motifs is 2. The molecule has 3 amide bonds.